The average Bonchev–Trinajstić information content (AvgIpc) is 3.41. The van der Waals surface area contributed by atoms with E-state index >= 15 is 0 Å². The Morgan fingerprint density at radius 1 is 1.21 bits per heavy atom. The van der Waals surface area contributed by atoms with E-state index < -0.39 is 0 Å². The maximum absolute atomic E-state index is 5.42. The van der Waals surface area contributed by atoms with Gasteiger partial charge < -0.3 is 19.8 Å². The quantitative estimate of drug-likeness (QED) is 0.471. The second kappa shape index (κ2) is 11.9. The minimum atomic E-state index is 0.515. The van der Waals surface area contributed by atoms with E-state index in [0.717, 1.165) is 77.0 Å². The molecule has 1 saturated heterocycles. The number of hydrogen-bond donors (Lipinski definition) is 2. The lowest BCUT2D eigenvalue weighted by Gasteiger charge is -2.26. The molecule has 0 saturated carbocycles. The van der Waals surface area contributed by atoms with Crippen molar-refractivity contribution in [3.8, 4) is 0 Å². The SMILES string of the molecule is CC(CN=C(NCCc1ccco1)NCCN1CCOCC1)Cc1cccs1. The number of furan rings is 1. The van der Waals surface area contributed by atoms with E-state index in [9.17, 15) is 0 Å². The topological polar surface area (TPSA) is 62.0 Å². The molecule has 3 heterocycles. The van der Waals surface area contributed by atoms with E-state index in [1.165, 1.54) is 4.88 Å². The number of rotatable bonds is 10. The zero-order valence-corrected chi connectivity index (χ0v) is 17.5. The van der Waals surface area contributed by atoms with Crippen LogP contribution < -0.4 is 10.6 Å². The second-order valence-electron chi connectivity index (χ2n) is 7.21. The van der Waals surface area contributed by atoms with Crippen LogP contribution in [0.5, 0.6) is 0 Å². The van der Waals surface area contributed by atoms with Crippen molar-refractivity contribution < 1.29 is 9.15 Å². The molecule has 28 heavy (non-hydrogen) atoms. The van der Waals surface area contributed by atoms with Crippen molar-refractivity contribution in [1.29, 1.82) is 0 Å². The third-order valence-electron chi connectivity index (χ3n) is 4.76. The highest BCUT2D eigenvalue weighted by Gasteiger charge is 2.10. The summed E-state index contributed by atoms with van der Waals surface area (Å²) in [4.78, 5) is 8.68. The van der Waals surface area contributed by atoms with Crippen LogP contribution in [0.15, 0.2) is 45.3 Å². The Bertz CT molecular complexity index is 667. The van der Waals surface area contributed by atoms with Gasteiger partial charge in [0.1, 0.15) is 5.76 Å². The number of aliphatic imine (C=N–C) groups is 1. The Balaban J connectivity index is 1.45. The predicted octanol–water partition coefficient (Wildman–Crippen LogP) is 2.63. The molecule has 0 aromatic carbocycles. The molecule has 1 atom stereocenters. The molecule has 2 aromatic rings. The predicted molar refractivity (Wildman–Crippen MR) is 115 cm³/mol. The molecule has 1 unspecified atom stereocenters. The summed E-state index contributed by atoms with van der Waals surface area (Å²) in [6.45, 7) is 9.46. The fourth-order valence-electron chi connectivity index (χ4n) is 3.17. The van der Waals surface area contributed by atoms with Gasteiger partial charge in [0, 0.05) is 50.6 Å². The molecule has 0 bridgehead atoms. The van der Waals surface area contributed by atoms with Crippen molar-refractivity contribution in [2.24, 2.45) is 10.9 Å². The molecule has 3 rings (SSSR count). The van der Waals surface area contributed by atoms with Crippen LogP contribution in [0.3, 0.4) is 0 Å². The van der Waals surface area contributed by atoms with Crippen LogP contribution in [0, 0.1) is 5.92 Å². The maximum atomic E-state index is 5.42. The molecule has 6 nitrogen and oxygen atoms in total. The summed E-state index contributed by atoms with van der Waals surface area (Å²) >= 11 is 1.82. The van der Waals surface area contributed by atoms with E-state index in [1.807, 2.05) is 23.5 Å². The maximum Gasteiger partial charge on any atom is 0.191 e. The van der Waals surface area contributed by atoms with Gasteiger partial charge in [0.05, 0.1) is 19.5 Å². The summed E-state index contributed by atoms with van der Waals surface area (Å²) < 4.78 is 10.8. The first-order valence-electron chi connectivity index (χ1n) is 10.2. The van der Waals surface area contributed by atoms with E-state index in [2.05, 4.69) is 40.0 Å². The number of ether oxygens (including phenoxy) is 1. The Morgan fingerprint density at radius 3 is 2.82 bits per heavy atom. The van der Waals surface area contributed by atoms with Crippen LogP contribution >= 0.6 is 11.3 Å². The molecule has 1 aliphatic rings. The first kappa shape index (κ1) is 20.9. The van der Waals surface area contributed by atoms with Crippen molar-refractivity contribution >= 4 is 17.3 Å². The molecule has 0 aliphatic carbocycles. The molecule has 7 heteroatoms. The van der Waals surface area contributed by atoms with E-state index in [-0.39, 0.29) is 0 Å². The second-order valence-corrected chi connectivity index (χ2v) is 8.25. The lowest BCUT2D eigenvalue weighted by molar-refractivity contribution is 0.0389. The molecule has 0 radical (unpaired) electrons. The van der Waals surface area contributed by atoms with E-state index in [0.29, 0.717) is 5.92 Å². The van der Waals surface area contributed by atoms with Gasteiger partial charge in [0.15, 0.2) is 5.96 Å². The molecule has 0 spiro atoms. The fourth-order valence-corrected chi connectivity index (χ4v) is 4.04. The van der Waals surface area contributed by atoms with Gasteiger partial charge >= 0.3 is 0 Å². The summed E-state index contributed by atoms with van der Waals surface area (Å²) in [5.41, 5.74) is 0. The average molecular weight is 405 g/mol. The minimum absolute atomic E-state index is 0.515. The van der Waals surface area contributed by atoms with Gasteiger partial charge in [0.25, 0.3) is 0 Å². The van der Waals surface area contributed by atoms with Crippen LogP contribution in [0.25, 0.3) is 0 Å². The van der Waals surface area contributed by atoms with E-state index in [1.54, 1.807) is 6.26 Å². The van der Waals surface area contributed by atoms with Crippen molar-refractivity contribution in [3.05, 3.63) is 46.5 Å². The highest BCUT2D eigenvalue weighted by atomic mass is 32.1. The van der Waals surface area contributed by atoms with Gasteiger partial charge in [-0.1, -0.05) is 13.0 Å². The molecule has 1 fully saturated rings. The number of thiophene rings is 1. The van der Waals surface area contributed by atoms with Gasteiger partial charge in [-0.25, -0.2) is 0 Å². The van der Waals surface area contributed by atoms with Gasteiger partial charge in [-0.05, 0) is 35.9 Å². The smallest absolute Gasteiger partial charge is 0.191 e. The summed E-state index contributed by atoms with van der Waals surface area (Å²) in [6.07, 6.45) is 3.65. The first-order chi connectivity index (χ1) is 13.8. The molecular formula is C21H32N4O2S. The molecule has 2 aromatic heterocycles. The highest BCUT2D eigenvalue weighted by Crippen LogP contribution is 2.14. The minimum Gasteiger partial charge on any atom is -0.469 e. The third kappa shape index (κ3) is 7.66. The number of guanidine groups is 1. The number of morpholine rings is 1. The van der Waals surface area contributed by atoms with Gasteiger partial charge in [-0.15, -0.1) is 11.3 Å². The zero-order valence-electron chi connectivity index (χ0n) is 16.7. The molecule has 1 aliphatic heterocycles. The number of nitrogens with one attached hydrogen (secondary N) is 2. The lowest BCUT2D eigenvalue weighted by atomic mass is 10.1. The van der Waals surface area contributed by atoms with Gasteiger partial charge in [-0.3, -0.25) is 9.89 Å². The Labute approximate surface area is 172 Å². The van der Waals surface area contributed by atoms with Crippen LogP contribution in [0.4, 0.5) is 0 Å². The highest BCUT2D eigenvalue weighted by molar-refractivity contribution is 7.09. The summed E-state index contributed by atoms with van der Waals surface area (Å²) in [5.74, 6) is 2.39. The zero-order chi connectivity index (χ0) is 19.4. The third-order valence-corrected chi connectivity index (χ3v) is 5.66. The van der Waals surface area contributed by atoms with E-state index in [4.69, 9.17) is 14.1 Å². The molecule has 0 amide bonds. The Hall–Kier alpha value is -1.83. The normalized spacial score (nSPS) is 16.8. The van der Waals surface area contributed by atoms with Crippen molar-refractivity contribution in [2.75, 3.05) is 52.5 Å². The van der Waals surface area contributed by atoms with Crippen molar-refractivity contribution in [2.45, 2.75) is 19.8 Å². The summed E-state index contributed by atoms with van der Waals surface area (Å²) in [6, 6.07) is 8.25. The number of hydrogen-bond acceptors (Lipinski definition) is 5. The first-order valence-corrected chi connectivity index (χ1v) is 11.0. The summed E-state index contributed by atoms with van der Waals surface area (Å²) in [5, 5.41) is 9.08. The Kier molecular flexibility index (Phi) is 8.87. The van der Waals surface area contributed by atoms with Crippen LogP contribution in [-0.2, 0) is 17.6 Å². The lowest BCUT2D eigenvalue weighted by Crippen LogP contribution is -2.45. The monoisotopic (exact) mass is 404 g/mol. The van der Waals surface area contributed by atoms with Crippen LogP contribution in [-0.4, -0.2) is 63.3 Å². The van der Waals surface area contributed by atoms with Gasteiger partial charge in [0.2, 0.25) is 0 Å². The van der Waals surface area contributed by atoms with Crippen LogP contribution in [0.2, 0.25) is 0 Å². The van der Waals surface area contributed by atoms with Crippen LogP contribution in [0.1, 0.15) is 17.6 Å². The van der Waals surface area contributed by atoms with Crippen molar-refractivity contribution in [1.82, 2.24) is 15.5 Å². The van der Waals surface area contributed by atoms with Crippen molar-refractivity contribution in [3.63, 3.8) is 0 Å². The largest absolute Gasteiger partial charge is 0.469 e. The summed E-state index contributed by atoms with van der Waals surface area (Å²) in [7, 11) is 0. The molecule has 154 valence electrons. The molecular weight excluding hydrogens is 372 g/mol. The molecule has 2 N–H and O–H groups in total. The Morgan fingerprint density at radius 2 is 2.07 bits per heavy atom. The standard InChI is InChI=1S/C21H32N4O2S/c1-18(16-20-5-3-15-28-20)17-24-21(22-7-6-19-4-2-12-27-19)23-8-9-25-10-13-26-14-11-25/h2-5,12,15,18H,6-11,13-14,16-17H2,1H3,(H2,22,23,24). The fraction of sp³-hybridized carbons (Fsp3) is 0.571. The van der Waals surface area contributed by atoms with Gasteiger partial charge in [-0.2, -0.15) is 0 Å². The number of nitrogens with zero attached hydrogens (tertiary/aromatic N) is 2.